The molecule has 0 radical (unpaired) electrons. The van der Waals surface area contributed by atoms with Crippen LogP contribution in [0.1, 0.15) is 16.2 Å². The van der Waals surface area contributed by atoms with Crippen LogP contribution in [0.15, 0.2) is 30.5 Å². The molecule has 2 heterocycles. The summed E-state index contributed by atoms with van der Waals surface area (Å²) < 4.78 is 31.3. The third-order valence-corrected chi connectivity index (χ3v) is 4.74. The van der Waals surface area contributed by atoms with Gasteiger partial charge in [-0.3, -0.25) is 9.69 Å². The van der Waals surface area contributed by atoms with Crippen LogP contribution in [0.5, 0.6) is 5.75 Å². The highest BCUT2D eigenvalue weighted by molar-refractivity contribution is 6.29. The predicted octanol–water partition coefficient (Wildman–Crippen LogP) is 2.63. The van der Waals surface area contributed by atoms with Gasteiger partial charge in [-0.05, 0) is 12.1 Å². The molecule has 0 unspecified atom stereocenters. The number of rotatable bonds is 5. The van der Waals surface area contributed by atoms with Gasteiger partial charge in [0, 0.05) is 33.2 Å². The number of piperazine rings is 1. The third kappa shape index (κ3) is 4.13. The Kier molecular flexibility index (Phi) is 5.73. The largest absolute Gasteiger partial charge is 0.434 e. The number of carbonyl (C=O) groups excluding carboxylic acids is 1. The SMILES string of the molecule is Cn1c(Cl)cnc1CN1CCN(C(=O)c2ccccc2OC(F)F)CC1. The first-order chi connectivity index (χ1) is 12.5. The molecule has 1 aromatic heterocycles. The van der Waals surface area contributed by atoms with Crippen molar-refractivity contribution in [2.75, 3.05) is 26.2 Å². The van der Waals surface area contributed by atoms with Gasteiger partial charge in [-0.2, -0.15) is 8.78 Å². The first-order valence-corrected chi connectivity index (χ1v) is 8.55. The maximum Gasteiger partial charge on any atom is 0.387 e. The van der Waals surface area contributed by atoms with Crippen LogP contribution < -0.4 is 4.74 Å². The van der Waals surface area contributed by atoms with E-state index in [1.54, 1.807) is 23.2 Å². The molecule has 1 aromatic carbocycles. The molecule has 140 valence electrons. The van der Waals surface area contributed by atoms with Crippen molar-refractivity contribution in [1.82, 2.24) is 19.4 Å². The standard InChI is InChI=1S/C17H19ClF2N4O2/c1-22-14(18)10-21-15(22)11-23-6-8-24(9-7-23)16(25)12-4-2-3-5-13(12)26-17(19)20/h2-5,10,17H,6-9,11H2,1H3. The summed E-state index contributed by atoms with van der Waals surface area (Å²) in [6.07, 6.45) is 1.61. The van der Waals surface area contributed by atoms with Gasteiger partial charge in [-0.1, -0.05) is 23.7 Å². The van der Waals surface area contributed by atoms with Gasteiger partial charge in [0.25, 0.3) is 5.91 Å². The first-order valence-electron chi connectivity index (χ1n) is 8.17. The Labute approximate surface area is 154 Å². The summed E-state index contributed by atoms with van der Waals surface area (Å²) in [5.41, 5.74) is 0.150. The fourth-order valence-electron chi connectivity index (χ4n) is 2.89. The minimum absolute atomic E-state index is 0.0995. The number of para-hydroxylation sites is 1. The Morgan fingerprint density at radius 2 is 1.96 bits per heavy atom. The number of halogens is 3. The Hall–Kier alpha value is -2.19. The highest BCUT2D eigenvalue weighted by Gasteiger charge is 2.25. The van der Waals surface area contributed by atoms with Crippen LogP contribution in [0.25, 0.3) is 0 Å². The summed E-state index contributed by atoms with van der Waals surface area (Å²) >= 11 is 5.99. The quantitative estimate of drug-likeness (QED) is 0.795. The number of nitrogens with zero attached hydrogens (tertiary/aromatic N) is 4. The zero-order valence-electron chi connectivity index (χ0n) is 14.2. The van der Waals surface area contributed by atoms with E-state index in [9.17, 15) is 13.6 Å². The van der Waals surface area contributed by atoms with Gasteiger partial charge in [0.15, 0.2) is 0 Å². The molecule has 0 saturated carbocycles. The van der Waals surface area contributed by atoms with Crippen LogP contribution in [0.3, 0.4) is 0 Å². The Balaban J connectivity index is 1.61. The van der Waals surface area contributed by atoms with Crippen LogP contribution in [0.2, 0.25) is 5.15 Å². The number of benzene rings is 1. The Morgan fingerprint density at radius 3 is 2.58 bits per heavy atom. The van der Waals surface area contributed by atoms with Crippen LogP contribution in [-0.2, 0) is 13.6 Å². The van der Waals surface area contributed by atoms with Crippen molar-refractivity contribution >= 4 is 17.5 Å². The molecule has 1 saturated heterocycles. The third-order valence-electron chi connectivity index (χ3n) is 4.39. The molecular formula is C17H19ClF2N4O2. The van der Waals surface area contributed by atoms with Crippen molar-refractivity contribution in [3.8, 4) is 5.75 Å². The van der Waals surface area contributed by atoms with Gasteiger partial charge >= 0.3 is 6.61 Å². The number of hydrogen-bond acceptors (Lipinski definition) is 4. The number of hydrogen-bond donors (Lipinski definition) is 0. The van der Waals surface area contributed by atoms with E-state index >= 15 is 0 Å². The van der Waals surface area contributed by atoms with Crippen LogP contribution in [0.4, 0.5) is 8.78 Å². The molecule has 6 nitrogen and oxygen atoms in total. The molecule has 0 spiro atoms. The second kappa shape index (κ2) is 8.01. The van der Waals surface area contributed by atoms with Crippen molar-refractivity contribution < 1.29 is 18.3 Å². The van der Waals surface area contributed by atoms with Gasteiger partial charge in [-0.15, -0.1) is 0 Å². The molecule has 2 aromatic rings. The summed E-state index contributed by atoms with van der Waals surface area (Å²) in [5, 5.41) is 0.574. The number of aromatic nitrogens is 2. The molecule has 3 rings (SSSR count). The average molecular weight is 385 g/mol. The Morgan fingerprint density at radius 1 is 1.27 bits per heavy atom. The van der Waals surface area contributed by atoms with Crippen LogP contribution >= 0.6 is 11.6 Å². The van der Waals surface area contributed by atoms with Gasteiger partial charge in [0.05, 0.1) is 18.3 Å². The van der Waals surface area contributed by atoms with Gasteiger partial charge in [0.1, 0.15) is 16.7 Å². The molecule has 26 heavy (non-hydrogen) atoms. The molecule has 0 N–H and O–H groups in total. The maximum absolute atomic E-state index is 12.7. The minimum atomic E-state index is -2.97. The van der Waals surface area contributed by atoms with Crippen molar-refractivity contribution in [3.63, 3.8) is 0 Å². The summed E-state index contributed by atoms with van der Waals surface area (Å²) in [4.78, 5) is 20.8. The molecule has 0 aliphatic carbocycles. The van der Waals surface area contributed by atoms with E-state index in [4.69, 9.17) is 11.6 Å². The number of ether oxygens (including phenoxy) is 1. The van der Waals surface area contributed by atoms with Gasteiger partial charge in [-0.25, -0.2) is 4.98 Å². The van der Waals surface area contributed by atoms with Crippen molar-refractivity contribution in [3.05, 3.63) is 47.0 Å². The fourth-order valence-corrected chi connectivity index (χ4v) is 3.04. The molecular weight excluding hydrogens is 366 g/mol. The molecule has 0 bridgehead atoms. The summed E-state index contributed by atoms with van der Waals surface area (Å²) in [7, 11) is 1.85. The van der Waals surface area contributed by atoms with E-state index in [2.05, 4.69) is 14.6 Å². The van der Waals surface area contributed by atoms with E-state index in [1.807, 2.05) is 11.6 Å². The van der Waals surface area contributed by atoms with Crippen molar-refractivity contribution in [2.45, 2.75) is 13.2 Å². The second-order valence-corrected chi connectivity index (χ2v) is 6.39. The zero-order valence-corrected chi connectivity index (χ0v) is 15.0. The van der Waals surface area contributed by atoms with E-state index in [0.717, 1.165) is 5.82 Å². The highest BCUT2D eigenvalue weighted by atomic mass is 35.5. The highest BCUT2D eigenvalue weighted by Crippen LogP contribution is 2.23. The lowest BCUT2D eigenvalue weighted by Crippen LogP contribution is -2.48. The molecule has 1 aliphatic rings. The molecule has 1 amide bonds. The first kappa shape index (κ1) is 18.6. The van der Waals surface area contributed by atoms with E-state index in [-0.39, 0.29) is 17.2 Å². The lowest BCUT2D eigenvalue weighted by atomic mass is 10.1. The second-order valence-electron chi connectivity index (χ2n) is 6.00. The van der Waals surface area contributed by atoms with E-state index < -0.39 is 6.61 Å². The smallest absolute Gasteiger partial charge is 0.387 e. The number of carbonyl (C=O) groups is 1. The summed E-state index contributed by atoms with van der Waals surface area (Å²) in [6.45, 7) is -0.0104. The summed E-state index contributed by atoms with van der Waals surface area (Å²) in [5.74, 6) is 0.448. The molecule has 1 fully saturated rings. The zero-order chi connectivity index (χ0) is 18.7. The maximum atomic E-state index is 12.7. The molecule has 0 atom stereocenters. The minimum Gasteiger partial charge on any atom is -0.434 e. The monoisotopic (exact) mass is 384 g/mol. The number of alkyl halides is 2. The van der Waals surface area contributed by atoms with E-state index in [1.165, 1.54) is 12.1 Å². The molecule has 1 aliphatic heterocycles. The average Bonchev–Trinajstić information content (AvgIpc) is 2.94. The topological polar surface area (TPSA) is 50.6 Å². The fraction of sp³-hybridized carbons (Fsp3) is 0.412. The van der Waals surface area contributed by atoms with Crippen molar-refractivity contribution in [2.24, 2.45) is 7.05 Å². The molecule has 9 heteroatoms. The number of imidazole rings is 1. The van der Waals surface area contributed by atoms with Crippen molar-refractivity contribution in [1.29, 1.82) is 0 Å². The lowest BCUT2D eigenvalue weighted by Gasteiger charge is -2.34. The lowest BCUT2D eigenvalue weighted by molar-refractivity contribution is -0.0503. The summed E-state index contributed by atoms with van der Waals surface area (Å²) in [6, 6.07) is 6.07. The van der Waals surface area contributed by atoms with Gasteiger partial charge in [0.2, 0.25) is 0 Å². The Bertz CT molecular complexity index is 776. The normalized spacial score (nSPS) is 15.5. The van der Waals surface area contributed by atoms with Gasteiger partial charge < -0.3 is 14.2 Å². The predicted molar refractivity (Wildman–Crippen MR) is 92.5 cm³/mol. The van der Waals surface area contributed by atoms with Crippen LogP contribution in [-0.4, -0.2) is 58.0 Å². The van der Waals surface area contributed by atoms with Crippen LogP contribution in [0, 0.1) is 0 Å². The van der Waals surface area contributed by atoms with E-state index in [0.29, 0.717) is 37.9 Å². The number of amides is 1.